The van der Waals surface area contributed by atoms with Gasteiger partial charge in [0.05, 0.1) is 18.6 Å². The molecule has 1 atom stereocenters. The van der Waals surface area contributed by atoms with Gasteiger partial charge < -0.3 is 0 Å². The minimum absolute atomic E-state index is 0.0753. The number of hydrogen-bond donors (Lipinski definition) is 0. The molecule has 0 radical (unpaired) electrons. The summed E-state index contributed by atoms with van der Waals surface area (Å²) in [6.45, 7) is 10.8. The third kappa shape index (κ3) is 55.0. The fraction of sp³-hybridized carbons (Fsp3) is 0.703. The number of nitrogens with zero attached hydrogens (tertiary/aromatic N) is 5. The van der Waals surface area contributed by atoms with Gasteiger partial charge in [-0.1, -0.05) is 134 Å². The molecular weight excluding hydrogens is 594 g/mol. The molecule has 1 aromatic carbocycles. The van der Waals surface area contributed by atoms with Crippen molar-refractivity contribution in [1.29, 1.82) is 0 Å². The molecular formula is C37H61N5O5. The molecule has 10 nitrogen and oxygen atoms in total. The molecule has 0 aromatic heterocycles. The fourth-order valence-corrected chi connectivity index (χ4v) is 3.84. The molecule has 47 heavy (non-hydrogen) atoms. The van der Waals surface area contributed by atoms with Gasteiger partial charge in [0.15, 0.2) is 0 Å². The monoisotopic (exact) mass is 655 g/mol. The number of benzene rings is 1. The zero-order chi connectivity index (χ0) is 36.1. The van der Waals surface area contributed by atoms with Crippen LogP contribution in [0, 0.1) is 0 Å². The smallest absolute Gasteiger partial charge is 0.211 e. The van der Waals surface area contributed by atoms with Crippen LogP contribution < -0.4 is 0 Å². The van der Waals surface area contributed by atoms with Crippen molar-refractivity contribution < 1.29 is 24.0 Å². The van der Waals surface area contributed by atoms with E-state index in [9.17, 15) is 14.4 Å². The van der Waals surface area contributed by atoms with E-state index < -0.39 is 0 Å². The highest BCUT2D eigenvalue weighted by molar-refractivity contribution is 5.35. The Kier molecular flexibility index (Phi) is 52.1. The number of isocyanates is 5. The SMILES string of the molecule is CC(C)N=C=O.CC(N=C=O)c1ccccc1.CCCCCCCCCCCCCCCCCCN=C=O.CCN=C=O.CN=C=O. The highest BCUT2D eigenvalue weighted by atomic mass is 16.1. The van der Waals surface area contributed by atoms with Gasteiger partial charge in [-0.05, 0) is 39.7 Å². The maximum Gasteiger partial charge on any atom is 0.235 e. The Balaban J connectivity index is -0.000000293. The van der Waals surface area contributed by atoms with Crippen molar-refractivity contribution in [2.75, 3.05) is 20.1 Å². The van der Waals surface area contributed by atoms with Gasteiger partial charge >= 0.3 is 0 Å². The molecule has 0 spiro atoms. The number of aliphatic imine (C=N–C) groups is 5. The van der Waals surface area contributed by atoms with Crippen LogP contribution >= 0.6 is 0 Å². The van der Waals surface area contributed by atoms with E-state index in [1.54, 1.807) is 19.1 Å². The Labute approximate surface area is 284 Å². The van der Waals surface area contributed by atoms with Crippen LogP contribution in [0.5, 0.6) is 0 Å². The van der Waals surface area contributed by atoms with Gasteiger partial charge in [0.25, 0.3) is 0 Å². The summed E-state index contributed by atoms with van der Waals surface area (Å²) in [4.78, 5) is 63.7. The molecule has 0 aliphatic carbocycles. The van der Waals surface area contributed by atoms with E-state index in [1.807, 2.05) is 51.1 Å². The maximum atomic E-state index is 9.90. The highest BCUT2D eigenvalue weighted by Gasteiger charge is 1.99. The zero-order valence-corrected chi connectivity index (χ0v) is 30.0. The maximum absolute atomic E-state index is 9.90. The van der Waals surface area contributed by atoms with E-state index in [1.165, 1.54) is 122 Å². The third-order valence-electron chi connectivity index (χ3n) is 6.34. The fourth-order valence-electron chi connectivity index (χ4n) is 3.84. The van der Waals surface area contributed by atoms with Gasteiger partial charge in [0, 0.05) is 13.6 Å². The lowest BCUT2D eigenvalue weighted by Gasteiger charge is -2.03. The number of carbonyl (C=O) groups excluding carboxylic acids is 5. The average molecular weight is 656 g/mol. The summed E-state index contributed by atoms with van der Waals surface area (Å²) in [5.74, 6) is 0. The summed E-state index contributed by atoms with van der Waals surface area (Å²) in [6, 6.07) is 9.67. The summed E-state index contributed by atoms with van der Waals surface area (Å²) >= 11 is 0. The van der Waals surface area contributed by atoms with Crippen molar-refractivity contribution in [3.63, 3.8) is 0 Å². The number of rotatable bonds is 21. The van der Waals surface area contributed by atoms with Crippen molar-refractivity contribution in [3.8, 4) is 0 Å². The predicted octanol–water partition coefficient (Wildman–Crippen LogP) is 9.69. The molecule has 1 aromatic rings. The van der Waals surface area contributed by atoms with E-state index in [4.69, 9.17) is 9.59 Å². The van der Waals surface area contributed by atoms with Crippen LogP contribution in [0.15, 0.2) is 55.3 Å². The lowest BCUT2D eigenvalue weighted by molar-refractivity contribution is 0.529. The first-order valence-corrected chi connectivity index (χ1v) is 17.1. The van der Waals surface area contributed by atoms with Gasteiger partial charge in [0.2, 0.25) is 30.4 Å². The molecule has 0 N–H and O–H groups in total. The molecule has 0 saturated carbocycles. The summed E-state index contributed by atoms with van der Waals surface area (Å²) in [5, 5.41) is 0. The molecule has 0 aliphatic heterocycles. The van der Waals surface area contributed by atoms with Crippen LogP contribution in [0.25, 0.3) is 0 Å². The molecule has 264 valence electrons. The van der Waals surface area contributed by atoms with E-state index in [2.05, 4.69) is 31.9 Å². The van der Waals surface area contributed by atoms with Crippen LogP contribution in [0.4, 0.5) is 0 Å². The van der Waals surface area contributed by atoms with Crippen LogP contribution in [0.3, 0.4) is 0 Å². The van der Waals surface area contributed by atoms with E-state index in [0.29, 0.717) is 13.1 Å². The Morgan fingerprint density at radius 3 is 1.21 bits per heavy atom. The Hall–Kier alpha value is -3.88. The second-order valence-corrected chi connectivity index (χ2v) is 10.8. The van der Waals surface area contributed by atoms with Gasteiger partial charge in [-0.15, -0.1) is 0 Å². The molecule has 10 heteroatoms. The first-order valence-electron chi connectivity index (χ1n) is 17.1. The molecule has 0 saturated heterocycles. The van der Waals surface area contributed by atoms with Gasteiger partial charge in [0.1, 0.15) is 0 Å². The minimum Gasteiger partial charge on any atom is -0.211 e. The van der Waals surface area contributed by atoms with Crippen molar-refractivity contribution >= 4 is 30.4 Å². The Morgan fingerprint density at radius 2 is 0.936 bits per heavy atom. The molecule has 0 aliphatic rings. The quantitative estimate of drug-likeness (QED) is 0.0734. The van der Waals surface area contributed by atoms with Gasteiger partial charge in [-0.25, -0.2) is 43.9 Å². The minimum atomic E-state index is -0.0753. The first kappa shape index (κ1) is 50.0. The van der Waals surface area contributed by atoms with Gasteiger partial charge in [-0.3, -0.25) is 0 Å². The predicted molar refractivity (Wildman–Crippen MR) is 191 cm³/mol. The standard InChI is InChI=1S/C19H37NO.C9H9NO.C4H7NO.C3H5NO.C2H3NO/c1-2-3-4-5-6-7-8-9-10-11-12-13-14-15-16-17-18-20-19-21;1-8(10-7-11)9-5-3-2-4-6-9;1-4(2)5-3-6;1-2-4-3-5;1-3-2-4/h2-18H2,1H3;2-6,8H,1H3;4H,1-2H3;2H2,1H3;1H3. The van der Waals surface area contributed by atoms with Crippen molar-refractivity contribution in [2.24, 2.45) is 25.0 Å². The largest absolute Gasteiger partial charge is 0.235 e. The molecule has 1 rings (SSSR count). The second kappa shape index (κ2) is 49.0. The molecule has 0 amide bonds. The molecule has 0 heterocycles. The summed E-state index contributed by atoms with van der Waals surface area (Å²) in [6.07, 6.45) is 29.3. The van der Waals surface area contributed by atoms with Gasteiger partial charge in [-0.2, -0.15) is 4.99 Å². The van der Waals surface area contributed by atoms with Crippen LogP contribution in [-0.4, -0.2) is 56.6 Å². The Morgan fingerprint density at radius 1 is 0.532 bits per heavy atom. The average Bonchev–Trinajstić information content (AvgIpc) is 3.08. The molecule has 0 fully saturated rings. The van der Waals surface area contributed by atoms with E-state index in [-0.39, 0.29) is 12.1 Å². The first-order chi connectivity index (χ1) is 22.9. The summed E-state index contributed by atoms with van der Waals surface area (Å²) in [5.41, 5.74) is 1.04. The number of unbranched alkanes of at least 4 members (excludes halogenated alkanes) is 15. The molecule has 0 bridgehead atoms. The lowest BCUT2D eigenvalue weighted by Crippen LogP contribution is -1.86. The third-order valence-corrected chi connectivity index (χ3v) is 6.34. The number of hydrogen-bond acceptors (Lipinski definition) is 10. The topological polar surface area (TPSA) is 147 Å². The zero-order valence-electron chi connectivity index (χ0n) is 30.0. The Bertz CT molecular complexity index is 1020. The van der Waals surface area contributed by atoms with Crippen LogP contribution in [-0.2, 0) is 24.0 Å². The van der Waals surface area contributed by atoms with E-state index in [0.717, 1.165) is 12.0 Å². The van der Waals surface area contributed by atoms with Crippen LogP contribution in [0.1, 0.15) is 149 Å². The highest BCUT2D eigenvalue weighted by Crippen LogP contribution is 2.15. The normalized spacial score (nSPS) is 9.43. The summed E-state index contributed by atoms with van der Waals surface area (Å²) in [7, 11) is 1.38. The van der Waals surface area contributed by atoms with Crippen molar-refractivity contribution in [2.45, 2.75) is 149 Å². The summed E-state index contributed by atoms with van der Waals surface area (Å²) < 4.78 is 0. The van der Waals surface area contributed by atoms with Crippen molar-refractivity contribution in [1.82, 2.24) is 0 Å². The molecule has 1 unspecified atom stereocenters. The lowest BCUT2D eigenvalue weighted by atomic mass is 10.0. The van der Waals surface area contributed by atoms with Crippen molar-refractivity contribution in [3.05, 3.63) is 35.9 Å². The second-order valence-electron chi connectivity index (χ2n) is 10.8. The van der Waals surface area contributed by atoms with E-state index >= 15 is 0 Å². The van der Waals surface area contributed by atoms with Crippen LogP contribution in [0.2, 0.25) is 0 Å².